The molecular weight excluding hydrogens is 195 g/mol. The number of aromatic amines is 1. The number of hydrogen-bond donors (Lipinski definition) is 2. The number of aromatic nitrogens is 1. The zero-order chi connectivity index (χ0) is 10.8. The number of halogens is 1. The number of H-pyrrole nitrogens is 1. The van der Waals surface area contributed by atoms with Gasteiger partial charge in [-0.3, -0.25) is 4.79 Å². The average molecular weight is 204 g/mol. The highest BCUT2D eigenvalue weighted by Gasteiger charge is 2.10. The maximum atomic E-state index is 12.7. The van der Waals surface area contributed by atoms with Gasteiger partial charge in [0.2, 0.25) is 0 Å². The van der Waals surface area contributed by atoms with Crippen LogP contribution in [0, 0.1) is 5.82 Å². The summed E-state index contributed by atoms with van der Waals surface area (Å²) in [6.07, 6.45) is 3.19. The van der Waals surface area contributed by atoms with Crippen molar-refractivity contribution in [2.24, 2.45) is 5.73 Å². The third kappa shape index (κ3) is 1.74. The predicted molar refractivity (Wildman–Crippen MR) is 54.7 cm³/mol. The fourth-order valence-corrected chi connectivity index (χ4v) is 1.44. The lowest BCUT2D eigenvalue weighted by molar-refractivity contribution is 0.100. The van der Waals surface area contributed by atoms with E-state index in [-0.39, 0.29) is 5.82 Å². The molecule has 1 aromatic carbocycles. The van der Waals surface area contributed by atoms with Crippen LogP contribution in [0.2, 0.25) is 0 Å². The largest absolute Gasteiger partial charge is 0.366 e. The first kappa shape index (κ1) is 9.45. The number of nitrogens with one attached hydrogen (secondary N) is 1. The van der Waals surface area contributed by atoms with Gasteiger partial charge < -0.3 is 10.7 Å². The fraction of sp³-hybridized carbons (Fsp3) is 0. The smallest absolute Gasteiger partial charge is 0.250 e. The Bertz CT molecular complexity index is 488. The van der Waals surface area contributed by atoms with Crippen molar-refractivity contribution in [2.45, 2.75) is 0 Å². The standard InChI is InChI=1S/C11H9FN2O/c12-8-3-1-7(2-4-8)9-5-14-6-10(9)11(13)15/h1-6,14H,(H2,13,15). The second kappa shape index (κ2) is 3.57. The van der Waals surface area contributed by atoms with Gasteiger partial charge in [-0.2, -0.15) is 0 Å². The van der Waals surface area contributed by atoms with E-state index in [4.69, 9.17) is 5.73 Å². The molecule has 2 aromatic rings. The Morgan fingerprint density at radius 1 is 1.20 bits per heavy atom. The maximum Gasteiger partial charge on any atom is 0.250 e. The topological polar surface area (TPSA) is 58.9 Å². The van der Waals surface area contributed by atoms with Crippen LogP contribution in [-0.2, 0) is 0 Å². The highest BCUT2D eigenvalue weighted by atomic mass is 19.1. The molecule has 2 rings (SSSR count). The van der Waals surface area contributed by atoms with Gasteiger partial charge in [-0.15, -0.1) is 0 Å². The van der Waals surface area contributed by atoms with Gasteiger partial charge in [-0.25, -0.2) is 4.39 Å². The van der Waals surface area contributed by atoms with E-state index in [0.717, 1.165) is 5.56 Å². The first-order valence-electron chi connectivity index (χ1n) is 4.41. The zero-order valence-corrected chi connectivity index (χ0v) is 7.83. The lowest BCUT2D eigenvalue weighted by Crippen LogP contribution is -2.10. The summed E-state index contributed by atoms with van der Waals surface area (Å²) in [4.78, 5) is 13.8. The lowest BCUT2D eigenvalue weighted by Gasteiger charge is -2.00. The van der Waals surface area contributed by atoms with Crippen molar-refractivity contribution < 1.29 is 9.18 Å². The van der Waals surface area contributed by atoms with Gasteiger partial charge in [0, 0.05) is 18.0 Å². The van der Waals surface area contributed by atoms with Crippen LogP contribution in [0.3, 0.4) is 0 Å². The molecule has 0 fully saturated rings. The van der Waals surface area contributed by atoms with E-state index in [2.05, 4.69) is 4.98 Å². The molecule has 0 aliphatic rings. The minimum atomic E-state index is -0.504. The van der Waals surface area contributed by atoms with E-state index in [1.54, 1.807) is 18.3 Å². The molecule has 0 bridgehead atoms. The molecule has 1 heterocycles. The van der Waals surface area contributed by atoms with Crippen molar-refractivity contribution in [2.75, 3.05) is 0 Å². The molecule has 0 atom stereocenters. The number of hydrogen-bond acceptors (Lipinski definition) is 1. The van der Waals surface area contributed by atoms with Gasteiger partial charge in [0.1, 0.15) is 5.82 Å². The minimum absolute atomic E-state index is 0.310. The quantitative estimate of drug-likeness (QED) is 0.771. The van der Waals surface area contributed by atoms with Crippen LogP contribution in [0.4, 0.5) is 4.39 Å². The molecule has 4 heteroatoms. The number of amides is 1. The van der Waals surface area contributed by atoms with Gasteiger partial charge in [-0.1, -0.05) is 12.1 Å². The number of rotatable bonds is 2. The molecular formula is C11H9FN2O. The summed E-state index contributed by atoms with van der Waals surface area (Å²) >= 11 is 0. The molecule has 0 aliphatic heterocycles. The molecule has 3 N–H and O–H groups in total. The first-order chi connectivity index (χ1) is 7.18. The number of nitrogens with two attached hydrogens (primary N) is 1. The summed E-state index contributed by atoms with van der Waals surface area (Å²) in [6.45, 7) is 0. The summed E-state index contributed by atoms with van der Waals surface area (Å²) in [5.74, 6) is -0.814. The molecule has 0 unspecified atom stereocenters. The summed E-state index contributed by atoms with van der Waals surface area (Å²) in [7, 11) is 0. The van der Waals surface area contributed by atoms with Crippen molar-refractivity contribution >= 4 is 5.91 Å². The van der Waals surface area contributed by atoms with Crippen LogP contribution in [-0.4, -0.2) is 10.9 Å². The number of carbonyl (C=O) groups excluding carboxylic acids is 1. The minimum Gasteiger partial charge on any atom is -0.366 e. The van der Waals surface area contributed by atoms with E-state index >= 15 is 0 Å². The van der Waals surface area contributed by atoms with Gasteiger partial charge in [-0.05, 0) is 17.7 Å². The molecule has 0 radical (unpaired) electrons. The van der Waals surface area contributed by atoms with E-state index in [0.29, 0.717) is 11.1 Å². The fourth-order valence-electron chi connectivity index (χ4n) is 1.44. The predicted octanol–water partition coefficient (Wildman–Crippen LogP) is 1.92. The van der Waals surface area contributed by atoms with Gasteiger partial charge >= 0.3 is 0 Å². The van der Waals surface area contributed by atoms with Gasteiger partial charge in [0.25, 0.3) is 5.91 Å². The molecule has 3 nitrogen and oxygen atoms in total. The molecule has 1 aromatic heterocycles. The SMILES string of the molecule is NC(=O)c1c[nH]cc1-c1ccc(F)cc1. The normalized spacial score (nSPS) is 10.2. The number of carbonyl (C=O) groups is 1. The first-order valence-corrected chi connectivity index (χ1v) is 4.41. The Hall–Kier alpha value is -2.10. The third-order valence-corrected chi connectivity index (χ3v) is 2.17. The molecule has 0 saturated heterocycles. The Balaban J connectivity index is 2.49. The maximum absolute atomic E-state index is 12.7. The number of benzene rings is 1. The van der Waals surface area contributed by atoms with Gasteiger partial charge in [0.15, 0.2) is 0 Å². The Kier molecular flexibility index (Phi) is 2.25. The van der Waals surface area contributed by atoms with Crippen molar-refractivity contribution in [3.63, 3.8) is 0 Å². The van der Waals surface area contributed by atoms with Crippen molar-refractivity contribution in [3.8, 4) is 11.1 Å². The summed E-state index contributed by atoms with van der Waals surface area (Å²) in [5.41, 5.74) is 7.04. The highest BCUT2D eigenvalue weighted by molar-refractivity contribution is 5.99. The average Bonchev–Trinajstić information content (AvgIpc) is 2.67. The van der Waals surface area contributed by atoms with Crippen LogP contribution in [0.5, 0.6) is 0 Å². The van der Waals surface area contributed by atoms with Crippen LogP contribution < -0.4 is 5.73 Å². The van der Waals surface area contributed by atoms with Crippen molar-refractivity contribution in [1.29, 1.82) is 0 Å². The lowest BCUT2D eigenvalue weighted by atomic mass is 10.0. The molecule has 1 amide bonds. The van der Waals surface area contributed by atoms with E-state index in [1.807, 2.05) is 0 Å². The Morgan fingerprint density at radius 2 is 1.87 bits per heavy atom. The molecule has 76 valence electrons. The Labute approximate surface area is 85.7 Å². The molecule has 15 heavy (non-hydrogen) atoms. The van der Waals surface area contributed by atoms with Gasteiger partial charge in [0.05, 0.1) is 5.56 Å². The number of primary amides is 1. The third-order valence-electron chi connectivity index (χ3n) is 2.17. The zero-order valence-electron chi connectivity index (χ0n) is 7.83. The highest BCUT2D eigenvalue weighted by Crippen LogP contribution is 2.23. The molecule has 0 saturated carbocycles. The van der Waals surface area contributed by atoms with E-state index < -0.39 is 5.91 Å². The van der Waals surface area contributed by atoms with Crippen LogP contribution >= 0.6 is 0 Å². The van der Waals surface area contributed by atoms with E-state index in [1.165, 1.54) is 18.3 Å². The summed E-state index contributed by atoms with van der Waals surface area (Å²) in [5, 5.41) is 0. The van der Waals surface area contributed by atoms with Crippen LogP contribution in [0.15, 0.2) is 36.7 Å². The van der Waals surface area contributed by atoms with Crippen LogP contribution in [0.1, 0.15) is 10.4 Å². The van der Waals surface area contributed by atoms with E-state index in [9.17, 15) is 9.18 Å². The summed E-state index contributed by atoms with van der Waals surface area (Å²) < 4.78 is 12.7. The summed E-state index contributed by atoms with van der Waals surface area (Å²) in [6, 6.07) is 5.89. The van der Waals surface area contributed by atoms with Crippen LogP contribution in [0.25, 0.3) is 11.1 Å². The van der Waals surface area contributed by atoms with Crippen molar-refractivity contribution in [1.82, 2.24) is 4.98 Å². The molecule has 0 spiro atoms. The second-order valence-corrected chi connectivity index (χ2v) is 3.15. The Morgan fingerprint density at radius 3 is 2.47 bits per heavy atom. The second-order valence-electron chi connectivity index (χ2n) is 3.15. The molecule has 0 aliphatic carbocycles. The monoisotopic (exact) mass is 204 g/mol. The van der Waals surface area contributed by atoms with Crippen molar-refractivity contribution in [3.05, 3.63) is 48.0 Å².